The molecule has 0 fully saturated rings. The van der Waals surface area contributed by atoms with E-state index in [0.717, 1.165) is 12.8 Å². The van der Waals surface area contributed by atoms with E-state index in [1.807, 2.05) is 6.92 Å². The van der Waals surface area contributed by atoms with E-state index >= 15 is 0 Å². The largest absolute Gasteiger partial charge is 0.465 e. The molecular weight excluding hydrogens is 240 g/mol. The van der Waals surface area contributed by atoms with E-state index in [9.17, 15) is 9.90 Å². The molecule has 0 aromatic heterocycles. The molecule has 0 rings (SSSR count). The zero-order valence-electron chi connectivity index (χ0n) is 13.0. The molecule has 19 heavy (non-hydrogen) atoms. The molecule has 0 aromatic rings. The number of rotatable bonds is 12. The maximum Gasteiger partial charge on any atom is 0.305 e. The van der Waals surface area contributed by atoms with Crippen LogP contribution in [0.3, 0.4) is 0 Å². The molecule has 0 bridgehead atoms. The minimum Gasteiger partial charge on any atom is -0.465 e. The van der Waals surface area contributed by atoms with Gasteiger partial charge in [0.05, 0.1) is 12.7 Å². The summed E-state index contributed by atoms with van der Waals surface area (Å²) in [5, 5.41) is 9.28. The van der Waals surface area contributed by atoms with Crippen molar-refractivity contribution in [1.29, 1.82) is 0 Å². The third-order valence-corrected chi connectivity index (χ3v) is 3.57. The average molecular weight is 272 g/mol. The van der Waals surface area contributed by atoms with Crippen molar-refractivity contribution < 1.29 is 14.6 Å². The van der Waals surface area contributed by atoms with E-state index in [0.29, 0.717) is 13.0 Å². The molecule has 3 heteroatoms. The molecule has 0 saturated carbocycles. The summed E-state index contributed by atoms with van der Waals surface area (Å²) in [6.07, 6.45) is 9.94. The number of ether oxygens (including phenoxy) is 1. The fraction of sp³-hybridized carbons (Fsp3) is 0.938. The number of aliphatic hydroxyl groups excluding tert-OH is 1. The van der Waals surface area contributed by atoms with Crippen molar-refractivity contribution in [2.45, 2.75) is 84.7 Å². The van der Waals surface area contributed by atoms with Gasteiger partial charge in [0, 0.05) is 12.3 Å². The number of hydrogen-bond donors (Lipinski definition) is 1. The molecule has 114 valence electrons. The molecule has 0 aromatic carbocycles. The second kappa shape index (κ2) is 12.5. The highest BCUT2D eigenvalue weighted by Gasteiger charge is 2.11. The van der Waals surface area contributed by atoms with Crippen molar-refractivity contribution in [2.24, 2.45) is 5.92 Å². The first-order chi connectivity index (χ1) is 9.07. The van der Waals surface area contributed by atoms with Crippen LogP contribution in [0.25, 0.3) is 0 Å². The third-order valence-electron chi connectivity index (χ3n) is 3.57. The van der Waals surface area contributed by atoms with Gasteiger partial charge in [0.15, 0.2) is 0 Å². The maximum atomic E-state index is 11.4. The highest BCUT2D eigenvalue weighted by atomic mass is 16.5. The van der Waals surface area contributed by atoms with Gasteiger partial charge < -0.3 is 9.84 Å². The monoisotopic (exact) mass is 272 g/mol. The Morgan fingerprint density at radius 3 is 2.05 bits per heavy atom. The van der Waals surface area contributed by atoms with Crippen LogP contribution < -0.4 is 0 Å². The number of unbranched alkanes of at least 4 members (excludes halogenated alkanes) is 7. The lowest BCUT2D eigenvalue weighted by atomic mass is 10.1. The SMILES string of the molecule is CCCCCCCCCCC(=O)OCC(C)C(C)O. The quantitative estimate of drug-likeness (QED) is 0.430. The molecule has 2 atom stereocenters. The summed E-state index contributed by atoms with van der Waals surface area (Å²) in [5.41, 5.74) is 0. The van der Waals surface area contributed by atoms with Crippen LogP contribution in [0, 0.1) is 5.92 Å². The summed E-state index contributed by atoms with van der Waals surface area (Å²) in [6.45, 7) is 6.16. The summed E-state index contributed by atoms with van der Waals surface area (Å²) in [5.74, 6) is -0.110. The number of carbonyl (C=O) groups excluding carboxylic acids is 1. The Morgan fingerprint density at radius 2 is 1.53 bits per heavy atom. The minimum absolute atomic E-state index is 0.0162. The van der Waals surface area contributed by atoms with Crippen LogP contribution >= 0.6 is 0 Å². The van der Waals surface area contributed by atoms with Crippen LogP contribution in [0.5, 0.6) is 0 Å². The zero-order valence-corrected chi connectivity index (χ0v) is 13.0. The van der Waals surface area contributed by atoms with Crippen LogP contribution in [-0.4, -0.2) is 23.8 Å². The van der Waals surface area contributed by atoms with Crippen molar-refractivity contribution in [3.8, 4) is 0 Å². The molecular formula is C16H32O3. The minimum atomic E-state index is -0.420. The molecule has 1 N–H and O–H groups in total. The Bertz CT molecular complexity index is 214. The first kappa shape index (κ1) is 18.4. The van der Waals surface area contributed by atoms with Crippen LogP contribution in [0.1, 0.15) is 78.6 Å². The van der Waals surface area contributed by atoms with E-state index in [-0.39, 0.29) is 11.9 Å². The molecule has 0 amide bonds. The van der Waals surface area contributed by atoms with Gasteiger partial charge in [-0.2, -0.15) is 0 Å². The number of carbonyl (C=O) groups is 1. The molecule has 3 nitrogen and oxygen atoms in total. The van der Waals surface area contributed by atoms with Crippen LogP contribution in [0.4, 0.5) is 0 Å². The molecule has 0 aliphatic carbocycles. The summed E-state index contributed by atoms with van der Waals surface area (Å²) in [4.78, 5) is 11.4. The van der Waals surface area contributed by atoms with Gasteiger partial charge >= 0.3 is 5.97 Å². The van der Waals surface area contributed by atoms with Crippen molar-refractivity contribution in [3.63, 3.8) is 0 Å². The average Bonchev–Trinajstić information content (AvgIpc) is 2.38. The number of esters is 1. The van der Waals surface area contributed by atoms with E-state index in [1.165, 1.54) is 38.5 Å². The Labute approximate surface area is 118 Å². The van der Waals surface area contributed by atoms with Crippen molar-refractivity contribution in [1.82, 2.24) is 0 Å². The van der Waals surface area contributed by atoms with E-state index in [4.69, 9.17) is 4.74 Å². The number of aliphatic hydroxyl groups is 1. The van der Waals surface area contributed by atoms with Gasteiger partial charge in [-0.25, -0.2) is 0 Å². The fourth-order valence-corrected chi connectivity index (χ4v) is 1.84. The van der Waals surface area contributed by atoms with E-state index < -0.39 is 6.10 Å². The van der Waals surface area contributed by atoms with E-state index in [1.54, 1.807) is 6.92 Å². The Morgan fingerprint density at radius 1 is 1.00 bits per heavy atom. The van der Waals surface area contributed by atoms with Gasteiger partial charge in [0.25, 0.3) is 0 Å². The molecule has 0 aliphatic rings. The molecule has 2 unspecified atom stereocenters. The second-order valence-electron chi connectivity index (χ2n) is 5.63. The Kier molecular flexibility index (Phi) is 12.1. The Balaban J connectivity index is 3.29. The lowest BCUT2D eigenvalue weighted by Gasteiger charge is -2.14. The Hall–Kier alpha value is -0.570. The van der Waals surface area contributed by atoms with Gasteiger partial charge in [0.2, 0.25) is 0 Å². The zero-order chi connectivity index (χ0) is 14.5. The molecule has 0 saturated heterocycles. The number of hydrogen-bond acceptors (Lipinski definition) is 3. The van der Waals surface area contributed by atoms with Gasteiger partial charge in [-0.1, -0.05) is 58.8 Å². The molecule has 0 radical (unpaired) electrons. The van der Waals surface area contributed by atoms with Gasteiger partial charge in [-0.15, -0.1) is 0 Å². The smallest absolute Gasteiger partial charge is 0.305 e. The third kappa shape index (κ3) is 12.2. The first-order valence-corrected chi connectivity index (χ1v) is 7.91. The van der Waals surface area contributed by atoms with Crippen LogP contribution in [0.2, 0.25) is 0 Å². The summed E-state index contributed by atoms with van der Waals surface area (Å²) >= 11 is 0. The standard InChI is InChI=1S/C16H32O3/c1-4-5-6-7-8-9-10-11-12-16(18)19-13-14(2)15(3)17/h14-15,17H,4-13H2,1-3H3. The normalized spacial score (nSPS) is 14.1. The van der Waals surface area contributed by atoms with Crippen LogP contribution in [-0.2, 0) is 9.53 Å². The predicted molar refractivity (Wildman–Crippen MR) is 79.0 cm³/mol. The second-order valence-corrected chi connectivity index (χ2v) is 5.63. The topological polar surface area (TPSA) is 46.5 Å². The summed E-state index contributed by atoms with van der Waals surface area (Å²) in [6, 6.07) is 0. The predicted octanol–water partition coefficient (Wildman–Crippen LogP) is 4.08. The van der Waals surface area contributed by atoms with Gasteiger partial charge in [0.1, 0.15) is 0 Å². The highest BCUT2D eigenvalue weighted by molar-refractivity contribution is 5.69. The maximum absolute atomic E-state index is 11.4. The van der Waals surface area contributed by atoms with E-state index in [2.05, 4.69) is 6.92 Å². The summed E-state index contributed by atoms with van der Waals surface area (Å²) in [7, 11) is 0. The lowest BCUT2D eigenvalue weighted by molar-refractivity contribution is -0.145. The highest BCUT2D eigenvalue weighted by Crippen LogP contribution is 2.10. The fourth-order valence-electron chi connectivity index (χ4n) is 1.84. The summed E-state index contributed by atoms with van der Waals surface area (Å²) < 4.78 is 5.13. The van der Waals surface area contributed by atoms with Gasteiger partial charge in [-0.3, -0.25) is 4.79 Å². The molecule has 0 heterocycles. The lowest BCUT2D eigenvalue weighted by Crippen LogP contribution is -2.20. The van der Waals surface area contributed by atoms with Crippen molar-refractivity contribution in [2.75, 3.05) is 6.61 Å². The molecule has 0 aliphatic heterocycles. The van der Waals surface area contributed by atoms with Crippen LogP contribution in [0.15, 0.2) is 0 Å². The first-order valence-electron chi connectivity index (χ1n) is 7.91. The van der Waals surface area contributed by atoms with Gasteiger partial charge in [-0.05, 0) is 13.3 Å². The molecule has 0 spiro atoms. The van der Waals surface area contributed by atoms with Crippen molar-refractivity contribution in [3.05, 3.63) is 0 Å². The van der Waals surface area contributed by atoms with Crippen molar-refractivity contribution >= 4 is 5.97 Å².